The monoisotopic (exact) mass is 326 g/mol. The minimum Gasteiger partial charge on any atom is -0.481 e. The van der Waals surface area contributed by atoms with Crippen molar-refractivity contribution in [1.29, 1.82) is 0 Å². The highest BCUT2D eigenvalue weighted by molar-refractivity contribution is 5.69. The highest BCUT2D eigenvalue weighted by Crippen LogP contribution is 2.19. The van der Waals surface area contributed by atoms with Crippen LogP contribution in [-0.2, 0) is 4.79 Å². The molecule has 2 heteroatoms. The highest BCUT2D eigenvalue weighted by Gasteiger charge is 2.16. The minimum absolute atomic E-state index is 0.0920. The molecule has 1 unspecified atom stereocenters. The Morgan fingerprint density at radius 1 is 0.609 bits per heavy atom. The standard InChI is InChI=1S/C21H42O2/c1-3-5-7-9-10-11-12-13-15-17-19-20(21(22)23)18-16-14-8-6-4-2/h20H,3-19H2,1-2H3,(H,22,23). The molecular formula is C21H42O2. The van der Waals surface area contributed by atoms with Crippen LogP contribution >= 0.6 is 0 Å². The molecule has 0 aromatic heterocycles. The second-order valence-corrected chi connectivity index (χ2v) is 7.21. The van der Waals surface area contributed by atoms with E-state index in [4.69, 9.17) is 0 Å². The van der Waals surface area contributed by atoms with E-state index in [-0.39, 0.29) is 5.92 Å². The summed E-state index contributed by atoms with van der Waals surface area (Å²) in [6.45, 7) is 4.47. The molecule has 1 atom stereocenters. The Balaban J connectivity index is 3.45. The molecular weight excluding hydrogens is 284 g/mol. The third-order valence-electron chi connectivity index (χ3n) is 4.91. The first kappa shape index (κ1) is 22.5. The van der Waals surface area contributed by atoms with Crippen molar-refractivity contribution in [2.75, 3.05) is 0 Å². The molecule has 0 fully saturated rings. The number of unbranched alkanes of at least 4 members (excludes halogenated alkanes) is 13. The molecule has 0 spiro atoms. The van der Waals surface area contributed by atoms with E-state index in [1.807, 2.05) is 0 Å². The number of rotatable bonds is 18. The number of carbonyl (C=O) groups is 1. The van der Waals surface area contributed by atoms with Gasteiger partial charge < -0.3 is 5.11 Å². The molecule has 0 amide bonds. The van der Waals surface area contributed by atoms with E-state index >= 15 is 0 Å². The van der Waals surface area contributed by atoms with Crippen LogP contribution in [0.25, 0.3) is 0 Å². The maximum absolute atomic E-state index is 11.3. The van der Waals surface area contributed by atoms with Crippen molar-refractivity contribution in [3.05, 3.63) is 0 Å². The van der Waals surface area contributed by atoms with Crippen LogP contribution in [0.15, 0.2) is 0 Å². The molecule has 0 bridgehead atoms. The van der Waals surface area contributed by atoms with Crippen molar-refractivity contribution >= 4 is 5.97 Å². The van der Waals surface area contributed by atoms with E-state index in [2.05, 4.69) is 13.8 Å². The zero-order valence-electron chi connectivity index (χ0n) is 16.0. The van der Waals surface area contributed by atoms with Gasteiger partial charge in [-0.1, -0.05) is 110 Å². The number of carboxylic acid groups (broad SMARTS) is 1. The summed E-state index contributed by atoms with van der Waals surface area (Å²) in [5, 5.41) is 9.32. The molecule has 0 aliphatic carbocycles. The van der Waals surface area contributed by atoms with Gasteiger partial charge in [0.25, 0.3) is 0 Å². The summed E-state index contributed by atoms with van der Waals surface area (Å²) in [7, 11) is 0. The number of hydrogen-bond donors (Lipinski definition) is 1. The molecule has 0 heterocycles. The molecule has 138 valence electrons. The van der Waals surface area contributed by atoms with E-state index in [1.54, 1.807) is 0 Å². The highest BCUT2D eigenvalue weighted by atomic mass is 16.4. The van der Waals surface area contributed by atoms with Crippen molar-refractivity contribution in [3.63, 3.8) is 0 Å². The van der Waals surface area contributed by atoms with E-state index in [0.29, 0.717) is 0 Å². The lowest BCUT2D eigenvalue weighted by molar-refractivity contribution is -0.142. The molecule has 0 aliphatic heterocycles. The third-order valence-corrected chi connectivity index (χ3v) is 4.91. The van der Waals surface area contributed by atoms with Crippen LogP contribution in [0.1, 0.15) is 123 Å². The SMILES string of the molecule is CCCCCCCCCCCCC(CCCCCCC)C(=O)O. The molecule has 23 heavy (non-hydrogen) atoms. The molecule has 0 saturated heterocycles. The van der Waals surface area contributed by atoms with Gasteiger partial charge in [0.2, 0.25) is 0 Å². The molecule has 0 rings (SSSR count). The van der Waals surface area contributed by atoms with Crippen LogP contribution in [0.5, 0.6) is 0 Å². The van der Waals surface area contributed by atoms with Crippen LogP contribution in [-0.4, -0.2) is 11.1 Å². The summed E-state index contributed by atoms with van der Waals surface area (Å²) in [5.74, 6) is -0.665. The summed E-state index contributed by atoms with van der Waals surface area (Å²) < 4.78 is 0. The summed E-state index contributed by atoms with van der Waals surface area (Å²) in [6, 6.07) is 0. The molecule has 0 saturated carbocycles. The fraction of sp³-hybridized carbons (Fsp3) is 0.952. The van der Waals surface area contributed by atoms with Gasteiger partial charge in [-0.15, -0.1) is 0 Å². The lowest BCUT2D eigenvalue weighted by Gasteiger charge is -2.12. The van der Waals surface area contributed by atoms with Gasteiger partial charge in [0.1, 0.15) is 0 Å². The van der Waals surface area contributed by atoms with Crippen LogP contribution < -0.4 is 0 Å². The van der Waals surface area contributed by atoms with Gasteiger partial charge in [-0.2, -0.15) is 0 Å². The zero-order valence-corrected chi connectivity index (χ0v) is 16.0. The third kappa shape index (κ3) is 16.1. The first-order chi connectivity index (χ1) is 11.2. The van der Waals surface area contributed by atoms with Crippen LogP contribution in [0.2, 0.25) is 0 Å². The Bertz CT molecular complexity index is 250. The fourth-order valence-electron chi connectivity index (χ4n) is 3.26. The lowest BCUT2D eigenvalue weighted by Crippen LogP contribution is -2.13. The van der Waals surface area contributed by atoms with Crippen molar-refractivity contribution in [1.82, 2.24) is 0 Å². The van der Waals surface area contributed by atoms with Gasteiger partial charge in [-0.25, -0.2) is 0 Å². The van der Waals surface area contributed by atoms with Crippen molar-refractivity contribution in [3.8, 4) is 0 Å². The average molecular weight is 327 g/mol. The predicted molar refractivity (Wildman–Crippen MR) is 101 cm³/mol. The topological polar surface area (TPSA) is 37.3 Å². The minimum atomic E-state index is -0.573. The summed E-state index contributed by atoms with van der Waals surface area (Å²) >= 11 is 0. The molecule has 0 aliphatic rings. The number of carboxylic acids is 1. The Morgan fingerprint density at radius 2 is 0.913 bits per heavy atom. The van der Waals surface area contributed by atoms with Gasteiger partial charge in [-0.3, -0.25) is 4.79 Å². The normalized spacial score (nSPS) is 12.4. The average Bonchev–Trinajstić information content (AvgIpc) is 2.54. The van der Waals surface area contributed by atoms with E-state index in [1.165, 1.54) is 83.5 Å². The predicted octanol–water partition coefficient (Wildman–Crippen LogP) is 7.36. The largest absolute Gasteiger partial charge is 0.481 e. The first-order valence-corrected chi connectivity index (χ1v) is 10.4. The fourth-order valence-corrected chi connectivity index (χ4v) is 3.26. The van der Waals surface area contributed by atoms with Gasteiger partial charge >= 0.3 is 5.97 Å². The lowest BCUT2D eigenvalue weighted by atomic mass is 9.94. The zero-order chi connectivity index (χ0) is 17.2. The molecule has 0 aromatic rings. The van der Waals surface area contributed by atoms with Crippen LogP contribution in [0, 0.1) is 5.92 Å². The second-order valence-electron chi connectivity index (χ2n) is 7.21. The van der Waals surface area contributed by atoms with E-state index in [9.17, 15) is 9.90 Å². The Morgan fingerprint density at radius 3 is 1.22 bits per heavy atom. The van der Waals surface area contributed by atoms with Crippen molar-refractivity contribution in [2.24, 2.45) is 5.92 Å². The molecule has 2 nitrogen and oxygen atoms in total. The van der Waals surface area contributed by atoms with Crippen molar-refractivity contribution < 1.29 is 9.90 Å². The summed E-state index contributed by atoms with van der Waals surface area (Å²) in [6.07, 6.45) is 21.1. The molecule has 0 radical (unpaired) electrons. The Hall–Kier alpha value is -0.530. The Labute approximate surface area is 145 Å². The smallest absolute Gasteiger partial charge is 0.306 e. The number of aliphatic carboxylic acids is 1. The second kappa shape index (κ2) is 17.8. The first-order valence-electron chi connectivity index (χ1n) is 10.4. The van der Waals surface area contributed by atoms with Gasteiger partial charge in [0, 0.05) is 0 Å². The van der Waals surface area contributed by atoms with E-state index < -0.39 is 5.97 Å². The van der Waals surface area contributed by atoms with Crippen LogP contribution in [0.4, 0.5) is 0 Å². The number of hydrogen-bond acceptors (Lipinski definition) is 1. The molecule has 0 aromatic carbocycles. The maximum Gasteiger partial charge on any atom is 0.306 e. The molecule has 1 N–H and O–H groups in total. The van der Waals surface area contributed by atoms with Gasteiger partial charge in [0.05, 0.1) is 5.92 Å². The van der Waals surface area contributed by atoms with Gasteiger partial charge in [0.15, 0.2) is 0 Å². The van der Waals surface area contributed by atoms with E-state index in [0.717, 1.165) is 25.7 Å². The van der Waals surface area contributed by atoms with Crippen LogP contribution in [0.3, 0.4) is 0 Å². The Kier molecular flexibility index (Phi) is 17.4. The van der Waals surface area contributed by atoms with Gasteiger partial charge in [-0.05, 0) is 12.8 Å². The quantitative estimate of drug-likeness (QED) is 0.267. The summed E-state index contributed by atoms with van der Waals surface area (Å²) in [5.41, 5.74) is 0. The maximum atomic E-state index is 11.3. The summed E-state index contributed by atoms with van der Waals surface area (Å²) in [4.78, 5) is 11.3. The van der Waals surface area contributed by atoms with Crippen molar-refractivity contribution in [2.45, 2.75) is 123 Å².